The Kier molecular flexibility index (Phi) is 12.3. The summed E-state index contributed by atoms with van der Waals surface area (Å²) >= 11 is 0. The molecule has 2 heterocycles. The Morgan fingerprint density at radius 3 is 1.55 bits per heavy atom. The molecule has 0 radical (unpaired) electrons. The van der Waals surface area contributed by atoms with E-state index in [9.17, 15) is 4.79 Å². The van der Waals surface area contributed by atoms with Crippen LogP contribution < -0.4 is 27.5 Å². The number of anilines is 2. The molecule has 1 atom stereocenters. The van der Waals surface area contributed by atoms with Crippen molar-refractivity contribution in [3.05, 3.63) is 166 Å². The summed E-state index contributed by atoms with van der Waals surface area (Å²) in [7, 11) is -4.18. The molecule has 344 valence electrons. The van der Waals surface area contributed by atoms with Crippen LogP contribution in [0.2, 0.25) is 0 Å². The first-order chi connectivity index (χ1) is 30.9. The number of hydrogen-bond acceptors (Lipinski definition) is 8. The van der Waals surface area contributed by atoms with Crippen molar-refractivity contribution in [1.29, 1.82) is 0 Å². The van der Waals surface area contributed by atoms with E-state index in [-0.39, 0.29) is 21.7 Å². The Bertz CT molecular complexity index is 2700. The first kappa shape index (κ1) is 47.0. The number of carbonyl (C=O) groups excluding carboxylic acids is 1. The van der Waals surface area contributed by atoms with Gasteiger partial charge < -0.3 is 27.4 Å². The predicted octanol–water partition coefficient (Wildman–Crippen LogP) is 16.7. The van der Waals surface area contributed by atoms with Crippen molar-refractivity contribution >= 4 is 34.5 Å². The van der Waals surface area contributed by atoms with Crippen LogP contribution in [0, 0.1) is 0 Å². The molecule has 2 aliphatic rings. The van der Waals surface area contributed by atoms with Crippen LogP contribution in [0.1, 0.15) is 141 Å². The third-order valence-corrected chi connectivity index (χ3v) is 14.7. The lowest BCUT2D eigenvalue weighted by molar-refractivity contribution is 0.0735. The zero-order valence-electron chi connectivity index (χ0n) is 40.8. The maximum Gasteiger partial charge on any atom is 0.530 e. The van der Waals surface area contributed by atoms with Crippen LogP contribution in [0.5, 0.6) is 34.5 Å². The molecule has 2 aliphatic heterocycles. The zero-order chi connectivity index (χ0) is 47.6. The van der Waals surface area contributed by atoms with E-state index in [4.69, 9.17) is 27.4 Å². The fraction of sp³-hybridized carbons (Fsp3) is 0.339. The third kappa shape index (κ3) is 9.37. The minimum absolute atomic E-state index is 0.0666. The number of ether oxygens (including phenoxy) is 1. The number of fused-ring (bicyclic) bond motifs is 3. The van der Waals surface area contributed by atoms with Gasteiger partial charge in [0.2, 0.25) is 0 Å². The molecule has 6 aromatic rings. The van der Waals surface area contributed by atoms with Crippen molar-refractivity contribution in [1.82, 2.24) is 0 Å². The van der Waals surface area contributed by atoms with Crippen LogP contribution in [0.15, 0.2) is 127 Å². The standard InChI is InChI=1S/C56H63NO7P2/c1-52(2,3)36-30-32-45(42(34-36)54(7,8)9)61-66(62-46-33-31-37(53(4,5)6)35-43(46)55(10,11)12)63-48-29-21-26-41-50(48)59-49-40(56(41,13)14)25-20-28-47(49)60-65-57(38-22-16-15-17-23-38)44-27-19-18-24-39(44)51(58)64-65/h15-35H,1-14H3. The van der Waals surface area contributed by atoms with Gasteiger partial charge in [-0.25, -0.2) is 4.79 Å². The van der Waals surface area contributed by atoms with Gasteiger partial charge in [-0.3, -0.25) is 4.67 Å². The normalized spacial score (nSPS) is 15.8. The molecule has 8 rings (SSSR count). The molecule has 10 heteroatoms. The van der Waals surface area contributed by atoms with E-state index in [2.05, 4.69) is 127 Å². The molecular formula is C56H63NO7P2. The van der Waals surface area contributed by atoms with E-state index < -0.39 is 28.5 Å². The summed E-state index contributed by atoms with van der Waals surface area (Å²) in [4.78, 5) is 13.5. The molecule has 0 saturated carbocycles. The fourth-order valence-electron chi connectivity index (χ4n) is 8.26. The van der Waals surface area contributed by atoms with Gasteiger partial charge in [-0.15, -0.1) is 0 Å². The number of rotatable bonds is 9. The zero-order valence-corrected chi connectivity index (χ0v) is 42.6. The van der Waals surface area contributed by atoms with Crippen molar-refractivity contribution in [3.8, 4) is 34.5 Å². The summed E-state index contributed by atoms with van der Waals surface area (Å²) in [5.41, 5.74) is 7.14. The topological polar surface area (TPSA) is 75.7 Å². The molecule has 66 heavy (non-hydrogen) atoms. The van der Waals surface area contributed by atoms with Crippen LogP contribution in [0.25, 0.3) is 0 Å². The molecule has 0 fully saturated rings. The van der Waals surface area contributed by atoms with E-state index in [0.717, 1.165) is 27.9 Å². The molecule has 0 aromatic heterocycles. The van der Waals surface area contributed by atoms with E-state index in [1.165, 1.54) is 11.1 Å². The van der Waals surface area contributed by atoms with Gasteiger partial charge in [0.25, 0.3) is 0 Å². The molecule has 0 saturated heterocycles. The molecule has 0 spiro atoms. The number of hydrogen-bond donors (Lipinski definition) is 0. The maximum absolute atomic E-state index is 13.5. The van der Waals surface area contributed by atoms with Crippen LogP contribution in [0.4, 0.5) is 11.4 Å². The molecular weight excluding hydrogens is 861 g/mol. The van der Waals surface area contributed by atoms with Crippen LogP contribution in [0.3, 0.4) is 0 Å². The minimum atomic E-state index is -2.16. The van der Waals surface area contributed by atoms with E-state index >= 15 is 0 Å². The fourth-order valence-corrected chi connectivity index (χ4v) is 10.7. The number of carbonyl (C=O) groups is 1. The Balaban J connectivity index is 1.21. The van der Waals surface area contributed by atoms with Crippen molar-refractivity contribution in [2.24, 2.45) is 0 Å². The minimum Gasteiger partial charge on any atom is -0.449 e. The highest BCUT2D eigenvalue weighted by atomic mass is 31.2. The van der Waals surface area contributed by atoms with Gasteiger partial charge in [0, 0.05) is 27.7 Å². The van der Waals surface area contributed by atoms with Crippen molar-refractivity contribution in [2.45, 2.75) is 124 Å². The van der Waals surface area contributed by atoms with Crippen molar-refractivity contribution < 1.29 is 32.2 Å². The maximum atomic E-state index is 13.5. The van der Waals surface area contributed by atoms with Gasteiger partial charge in [0.1, 0.15) is 11.5 Å². The van der Waals surface area contributed by atoms with Crippen LogP contribution >= 0.6 is 17.1 Å². The molecule has 0 amide bonds. The molecule has 8 nitrogen and oxygen atoms in total. The largest absolute Gasteiger partial charge is 0.530 e. The van der Waals surface area contributed by atoms with Crippen LogP contribution in [-0.4, -0.2) is 5.97 Å². The Morgan fingerprint density at radius 2 is 1.02 bits per heavy atom. The SMILES string of the molecule is CC(C)(C)c1ccc(OP(Oc2ccc(C(C)(C)C)cc2C(C)(C)C)Oc2cccc3c2Oc2c(OP4OC(=O)c5ccccc5N4c4ccccc4)cccc2C3(C)C)c(C(C)(C)C)c1. The quantitative estimate of drug-likeness (QED) is 0.133. The average molecular weight is 924 g/mol. The molecule has 0 bridgehead atoms. The van der Waals surface area contributed by atoms with E-state index in [1.807, 2.05) is 95.7 Å². The second-order valence-corrected chi connectivity index (χ2v) is 24.0. The summed E-state index contributed by atoms with van der Waals surface area (Å²) in [5.74, 6) is 2.82. The molecule has 0 N–H and O–H groups in total. The lowest BCUT2D eigenvalue weighted by atomic mass is 9.75. The highest BCUT2D eigenvalue weighted by molar-refractivity contribution is 7.51. The molecule has 1 unspecified atom stereocenters. The first-order valence-electron chi connectivity index (χ1n) is 22.6. The van der Waals surface area contributed by atoms with E-state index in [1.54, 1.807) is 6.07 Å². The lowest BCUT2D eigenvalue weighted by Gasteiger charge is -2.38. The summed E-state index contributed by atoms with van der Waals surface area (Å²) in [6.45, 7) is 30.8. The average Bonchev–Trinajstić information content (AvgIpc) is 3.23. The number of para-hydroxylation sites is 4. The van der Waals surface area contributed by atoms with Gasteiger partial charge in [0.15, 0.2) is 23.0 Å². The van der Waals surface area contributed by atoms with Gasteiger partial charge in [-0.05, 0) is 81.3 Å². The first-order valence-corrected chi connectivity index (χ1v) is 24.9. The number of nitrogens with zero attached hydrogens (tertiary/aromatic N) is 1. The van der Waals surface area contributed by atoms with Crippen molar-refractivity contribution in [3.63, 3.8) is 0 Å². The smallest absolute Gasteiger partial charge is 0.449 e. The number of benzene rings is 6. The Morgan fingerprint density at radius 1 is 0.530 bits per heavy atom. The third-order valence-electron chi connectivity index (χ3n) is 12.2. The monoisotopic (exact) mass is 923 g/mol. The van der Waals surface area contributed by atoms with Gasteiger partial charge >= 0.3 is 23.1 Å². The highest BCUT2D eigenvalue weighted by Gasteiger charge is 2.42. The molecule has 6 aromatic carbocycles. The summed E-state index contributed by atoms with van der Waals surface area (Å²) in [5, 5.41) is 0. The van der Waals surface area contributed by atoms with Crippen molar-refractivity contribution in [2.75, 3.05) is 4.67 Å². The van der Waals surface area contributed by atoms with E-state index in [0.29, 0.717) is 45.7 Å². The Labute approximate surface area is 394 Å². The van der Waals surface area contributed by atoms with Gasteiger partial charge in [-0.2, -0.15) is 0 Å². The molecule has 0 aliphatic carbocycles. The second kappa shape index (κ2) is 17.3. The lowest BCUT2D eigenvalue weighted by Crippen LogP contribution is -2.26. The predicted molar refractivity (Wildman–Crippen MR) is 270 cm³/mol. The van der Waals surface area contributed by atoms with Gasteiger partial charge in [0.05, 0.1) is 16.9 Å². The Hall–Kier alpha value is -5.55. The highest BCUT2D eigenvalue weighted by Crippen LogP contribution is 2.61. The summed E-state index contributed by atoms with van der Waals surface area (Å²) in [6, 6.07) is 41.9. The summed E-state index contributed by atoms with van der Waals surface area (Å²) < 4.78 is 43.0. The summed E-state index contributed by atoms with van der Waals surface area (Å²) in [6.07, 6.45) is 0. The van der Waals surface area contributed by atoms with Gasteiger partial charge in [-0.1, -0.05) is 176 Å². The second-order valence-electron chi connectivity index (χ2n) is 21.8. The van der Waals surface area contributed by atoms with Crippen LogP contribution in [-0.2, 0) is 31.6 Å².